The van der Waals surface area contributed by atoms with E-state index in [0.29, 0.717) is 23.2 Å². The fraction of sp³-hybridized carbons (Fsp3) is 0.263. The van der Waals surface area contributed by atoms with Gasteiger partial charge in [0.15, 0.2) is 0 Å². The van der Waals surface area contributed by atoms with Gasteiger partial charge in [-0.25, -0.2) is 4.39 Å². The van der Waals surface area contributed by atoms with Crippen molar-refractivity contribution < 1.29 is 22.4 Å². The van der Waals surface area contributed by atoms with Crippen molar-refractivity contribution in [3.05, 3.63) is 65.1 Å². The van der Waals surface area contributed by atoms with Crippen LogP contribution in [0.4, 0.5) is 13.2 Å². The van der Waals surface area contributed by atoms with E-state index < -0.39 is 17.9 Å². The van der Waals surface area contributed by atoms with Crippen molar-refractivity contribution in [2.75, 3.05) is 7.05 Å². The van der Waals surface area contributed by atoms with Gasteiger partial charge in [0.25, 0.3) is 11.8 Å². The molecule has 9 heteroatoms. The van der Waals surface area contributed by atoms with Gasteiger partial charge in [0.05, 0.1) is 22.4 Å². The van der Waals surface area contributed by atoms with Gasteiger partial charge in [-0.2, -0.15) is 8.78 Å². The highest BCUT2D eigenvalue weighted by Gasteiger charge is 2.41. The molecule has 3 heterocycles. The Hall–Kier alpha value is -3.23. The molecule has 0 saturated heterocycles. The van der Waals surface area contributed by atoms with Gasteiger partial charge in [0, 0.05) is 19.7 Å². The molecule has 144 valence electrons. The quantitative estimate of drug-likeness (QED) is 0.683. The van der Waals surface area contributed by atoms with Crippen molar-refractivity contribution >= 4 is 5.91 Å². The zero-order valence-corrected chi connectivity index (χ0v) is 15.0. The van der Waals surface area contributed by atoms with Crippen LogP contribution < -0.4 is 0 Å². The first kappa shape index (κ1) is 18.1. The summed E-state index contributed by atoms with van der Waals surface area (Å²) in [4.78, 5) is 18.8. The molecule has 6 nitrogen and oxygen atoms in total. The molecule has 4 rings (SSSR count). The van der Waals surface area contributed by atoms with E-state index in [1.807, 2.05) is 6.92 Å². The highest BCUT2D eigenvalue weighted by Crippen LogP contribution is 2.38. The summed E-state index contributed by atoms with van der Waals surface area (Å²) in [6.45, 7) is 1.84. The summed E-state index contributed by atoms with van der Waals surface area (Å²) in [6.07, 6.45) is -1.13. The SMILES string of the molecule is CN1C(=O)c2cc(-c3nnc(C(F)F)o3)cnc2C[C@]1(C)c1cccc(F)c1. The summed E-state index contributed by atoms with van der Waals surface area (Å²) in [7, 11) is 1.63. The number of carbonyl (C=O) groups excluding carboxylic acids is 1. The fourth-order valence-corrected chi connectivity index (χ4v) is 3.34. The molecule has 28 heavy (non-hydrogen) atoms. The third kappa shape index (κ3) is 2.83. The number of nitrogens with zero attached hydrogens (tertiary/aromatic N) is 4. The molecule has 0 saturated carbocycles. The van der Waals surface area contributed by atoms with Crippen LogP contribution in [0.15, 0.2) is 40.9 Å². The van der Waals surface area contributed by atoms with Crippen LogP contribution in [0.5, 0.6) is 0 Å². The maximum absolute atomic E-state index is 13.7. The third-order valence-corrected chi connectivity index (χ3v) is 5.08. The van der Waals surface area contributed by atoms with Crippen molar-refractivity contribution in [3.8, 4) is 11.5 Å². The Kier molecular flexibility index (Phi) is 4.17. The number of hydrogen-bond acceptors (Lipinski definition) is 5. The molecule has 0 fully saturated rings. The van der Waals surface area contributed by atoms with Crippen LogP contribution in [0, 0.1) is 5.82 Å². The zero-order valence-electron chi connectivity index (χ0n) is 15.0. The number of amides is 1. The number of fused-ring (bicyclic) bond motifs is 1. The van der Waals surface area contributed by atoms with Gasteiger partial charge in [0.2, 0.25) is 5.89 Å². The van der Waals surface area contributed by atoms with E-state index in [1.165, 1.54) is 29.3 Å². The molecule has 1 aromatic carbocycles. The van der Waals surface area contributed by atoms with Crippen LogP contribution in [0.3, 0.4) is 0 Å². The Morgan fingerprint density at radius 2 is 2.04 bits per heavy atom. The van der Waals surface area contributed by atoms with Crippen molar-refractivity contribution in [2.24, 2.45) is 0 Å². The average molecular weight is 388 g/mol. The van der Waals surface area contributed by atoms with E-state index in [0.717, 1.165) is 0 Å². The number of pyridine rings is 1. The number of carbonyl (C=O) groups is 1. The van der Waals surface area contributed by atoms with E-state index in [9.17, 15) is 18.0 Å². The number of aromatic nitrogens is 3. The summed E-state index contributed by atoms with van der Waals surface area (Å²) < 4.78 is 44.0. The number of hydrogen-bond donors (Lipinski definition) is 0. The summed E-state index contributed by atoms with van der Waals surface area (Å²) >= 11 is 0. The Morgan fingerprint density at radius 3 is 2.71 bits per heavy atom. The van der Waals surface area contributed by atoms with Gasteiger partial charge in [0.1, 0.15) is 5.82 Å². The fourth-order valence-electron chi connectivity index (χ4n) is 3.34. The second kappa shape index (κ2) is 6.43. The minimum Gasteiger partial charge on any atom is -0.415 e. The minimum atomic E-state index is -2.88. The summed E-state index contributed by atoms with van der Waals surface area (Å²) in [5, 5.41) is 6.87. The van der Waals surface area contributed by atoms with E-state index in [1.54, 1.807) is 19.2 Å². The maximum atomic E-state index is 13.7. The summed E-state index contributed by atoms with van der Waals surface area (Å²) in [5.41, 5.74) is 0.971. The molecular formula is C19H15F3N4O2. The largest absolute Gasteiger partial charge is 0.415 e. The lowest BCUT2D eigenvalue weighted by molar-refractivity contribution is 0.0541. The van der Waals surface area contributed by atoms with E-state index in [-0.39, 0.29) is 23.2 Å². The molecule has 1 aliphatic rings. The van der Waals surface area contributed by atoms with Crippen LogP contribution in [0.25, 0.3) is 11.5 Å². The van der Waals surface area contributed by atoms with Gasteiger partial charge in [-0.3, -0.25) is 9.78 Å². The second-order valence-electron chi connectivity index (χ2n) is 6.79. The van der Waals surface area contributed by atoms with Crippen molar-refractivity contribution in [3.63, 3.8) is 0 Å². The predicted molar refractivity (Wildman–Crippen MR) is 92.0 cm³/mol. The smallest absolute Gasteiger partial charge is 0.314 e. The maximum Gasteiger partial charge on any atom is 0.314 e. The number of likely N-dealkylation sites (N-methyl/N-ethyl adjacent to an activating group) is 1. The highest BCUT2D eigenvalue weighted by molar-refractivity contribution is 5.97. The number of alkyl halides is 2. The van der Waals surface area contributed by atoms with Crippen molar-refractivity contribution in [1.82, 2.24) is 20.1 Å². The summed E-state index contributed by atoms with van der Waals surface area (Å²) in [6, 6.07) is 7.59. The Balaban J connectivity index is 1.74. The molecule has 1 atom stereocenters. The monoisotopic (exact) mass is 388 g/mol. The Labute approximate surface area is 158 Å². The number of benzene rings is 1. The lowest BCUT2D eigenvalue weighted by atomic mass is 9.81. The molecular weight excluding hydrogens is 373 g/mol. The Bertz CT molecular complexity index is 1070. The average Bonchev–Trinajstić information content (AvgIpc) is 3.17. The molecule has 0 radical (unpaired) electrons. The number of halogens is 3. The Morgan fingerprint density at radius 1 is 1.25 bits per heavy atom. The topological polar surface area (TPSA) is 72.1 Å². The highest BCUT2D eigenvalue weighted by atomic mass is 19.3. The lowest BCUT2D eigenvalue weighted by Gasteiger charge is -2.43. The zero-order chi connectivity index (χ0) is 20.1. The molecule has 2 aromatic heterocycles. The normalized spacial score (nSPS) is 19.2. The third-order valence-electron chi connectivity index (χ3n) is 5.08. The van der Waals surface area contributed by atoms with Gasteiger partial charge in [-0.05, 0) is 30.7 Å². The van der Waals surface area contributed by atoms with Gasteiger partial charge in [-0.1, -0.05) is 12.1 Å². The van der Waals surface area contributed by atoms with Crippen LogP contribution >= 0.6 is 0 Å². The molecule has 0 aliphatic carbocycles. The van der Waals surface area contributed by atoms with Gasteiger partial charge in [-0.15, -0.1) is 10.2 Å². The standard InChI is InChI=1S/C19H15F3N4O2/c1-19(11-4-3-5-12(20)7-11)8-14-13(18(27)26(19)2)6-10(9-23-14)16-24-25-17(28-16)15(21)22/h3-7,9,15H,8H2,1-2H3/t19-/m1/s1. The van der Waals surface area contributed by atoms with Crippen LogP contribution in [0.1, 0.15) is 40.9 Å². The predicted octanol–water partition coefficient (Wildman–Crippen LogP) is 3.75. The number of rotatable bonds is 3. The molecule has 1 amide bonds. The van der Waals surface area contributed by atoms with Crippen LogP contribution in [-0.4, -0.2) is 33.0 Å². The van der Waals surface area contributed by atoms with E-state index >= 15 is 0 Å². The molecule has 0 N–H and O–H groups in total. The van der Waals surface area contributed by atoms with Gasteiger partial charge >= 0.3 is 6.43 Å². The molecule has 0 bridgehead atoms. The summed E-state index contributed by atoms with van der Waals surface area (Å²) in [5.74, 6) is -1.65. The van der Waals surface area contributed by atoms with Crippen LogP contribution in [0.2, 0.25) is 0 Å². The molecule has 1 aliphatic heterocycles. The second-order valence-corrected chi connectivity index (χ2v) is 6.79. The lowest BCUT2D eigenvalue weighted by Crippen LogP contribution is -2.50. The first-order valence-corrected chi connectivity index (χ1v) is 8.44. The van der Waals surface area contributed by atoms with Crippen molar-refractivity contribution in [2.45, 2.75) is 25.3 Å². The minimum absolute atomic E-state index is 0.139. The van der Waals surface area contributed by atoms with Gasteiger partial charge < -0.3 is 9.32 Å². The van der Waals surface area contributed by atoms with Crippen LogP contribution in [-0.2, 0) is 12.0 Å². The van der Waals surface area contributed by atoms with Crippen molar-refractivity contribution in [1.29, 1.82) is 0 Å². The first-order chi connectivity index (χ1) is 13.3. The van der Waals surface area contributed by atoms with E-state index in [2.05, 4.69) is 15.2 Å². The molecule has 0 spiro atoms. The molecule has 0 unspecified atom stereocenters. The first-order valence-electron chi connectivity index (χ1n) is 8.44. The van der Waals surface area contributed by atoms with E-state index in [4.69, 9.17) is 4.42 Å². The molecule has 3 aromatic rings.